The fraction of sp³-hybridized carbons (Fsp3) is 0.800. The first-order valence-electron chi connectivity index (χ1n) is 7.63. The Bertz CT molecular complexity index is 422. The third kappa shape index (κ3) is 3.74. The second-order valence-electron chi connectivity index (χ2n) is 6.01. The van der Waals surface area contributed by atoms with Gasteiger partial charge in [0.1, 0.15) is 0 Å². The van der Waals surface area contributed by atoms with E-state index < -0.39 is 11.9 Å². The fourth-order valence-electron chi connectivity index (χ4n) is 3.44. The van der Waals surface area contributed by atoms with Crippen LogP contribution in [0.25, 0.3) is 0 Å². The smallest absolute Gasteiger partial charge is 0.307 e. The van der Waals surface area contributed by atoms with E-state index in [0.717, 1.165) is 19.3 Å². The molecular formula is C15H23NO5. The summed E-state index contributed by atoms with van der Waals surface area (Å²) in [5, 5.41) is 9.04. The largest absolute Gasteiger partial charge is 0.481 e. The number of rotatable bonds is 4. The number of carboxylic acids is 1. The summed E-state index contributed by atoms with van der Waals surface area (Å²) in [7, 11) is 1.35. The summed E-state index contributed by atoms with van der Waals surface area (Å²) in [5.41, 5.74) is 0. The van der Waals surface area contributed by atoms with Gasteiger partial charge in [-0.05, 0) is 38.5 Å². The number of aliphatic carboxylic acids is 1. The highest BCUT2D eigenvalue weighted by molar-refractivity contribution is 5.82. The fourth-order valence-corrected chi connectivity index (χ4v) is 3.44. The van der Waals surface area contributed by atoms with Gasteiger partial charge in [-0.1, -0.05) is 0 Å². The molecule has 6 nitrogen and oxygen atoms in total. The van der Waals surface area contributed by atoms with Crippen molar-refractivity contribution in [2.24, 2.45) is 11.8 Å². The predicted octanol–water partition coefficient (Wildman–Crippen LogP) is 1.43. The quantitative estimate of drug-likeness (QED) is 0.794. The summed E-state index contributed by atoms with van der Waals surface area (Å²) < 4.78 is 4.70. The average molecular weight is 297 g/mol. The van der Waals surface area contributed by atoms with E-state index in [9.17, 15) is 14.4 Å². The molecule has 1 N–H and O–H groups in total. The molecule has 0 aromatic heterocycles. The summed E-state index contributed by atoms with van der Waals surface area (Å²) in [4.78, 5) is 36.9. The molecule has 0 aromatic rings. The predicted molar refractivity (Wildman–Crippen MR) is 74.5 cm³/mol. The SMILES string of the molecule is COC(=O)CC1CCCCN1C(=O)C1CCC(C(=O)O)C1. The summed E-state index contributed by atoms with van der Waals surface area (Å²) in [5.74, 6) is -1.69. The standard InChI is InChI=1S/C15H23NO5/c1-21-13(17)9-12-4-2-3-7-16(12)14(18)10-5-6-11(8-10)15(19)20/h10-12H,2-9H2,1H3,(H,19,20). The maximum atomic E-state index is 12.6. The molecule has 1 saturated heterocycles. The number of nitrogens with zero attached hydrogens (tertiary/aromatic N) is 1. The van der Waals surface area contributed by atoms with E-state index in [0.29, 0.717) is 25.8 Å². The molecule has 21 heavy (non-hydrogen) atoms. The third-order valence-electron chi connectivity index (χ3n) is 4.67. The zero-order valence-corrected chi connectivity index (χ0v) is 12.4. The molecule has 1 aliphatic heterocycles. The van der Waals surface area contributed by atoms with E-state index in [1.165, 1.54) is 7.11 Å². The van der Waals surface area contributed by atoms with E-state index in [1.54, 1.807) is 4.90 Å². The summed E-state index contributed by atoms with van der Waals surface area (Å²) in [6.07, 6.45) is 4.63. The lowest BCUT2D eigenvalue weighted by atomic mass is 9.95. The number of hydrogen-bond acceptors (Lipinski definition) is 4. The Morgan fingerprint density at radius 3 is 2.48 bits per heavy atom. The van der Waals surface area contributed by atoms with Gasteiger partial charge in [-0.25, -0.2) is 0 Å². The van der Waals surface area contributed by atoms with Gasteiger partial charge in [0, 0.05) is 18.5 Å². The zero-order valence-electron chi connectivity index (χ0n) is 12.4. The van der Waals surface area contributed by atoms with Gasteiger partial charge in [0.05, 0.1) is 19.4 Å². The summed E-state index contributed by atoms with van der Waals surface area (Å²) >= 11 is 0. The third-order valence-corrected chi connectivity index (χ3v) is 4.67. The molecule has 0 radical (unpaired) electrons. The first-order valence-corrected chi connectivity index (χ1v) is 7.63. The maximum absolute atomic E-state index is 12.6. The lowest BCUT2D eigenvalue weighted by Crippen LogP contribution is -2.47. The highest BCUT2D eigenvalue weighted by atomic mass is 16.5. The van der Waals surface area contributed by atoms with Gasteiger partial charge < -0.3 is 14.7 Å². The van der Waals surface area contributed by atoms with Crippen molar-refractivity contribution in [3.05, 3.63) is 0 Å². The maximum Gasteiger partial charge on any atom is 0.307 e. The highest BCUT2D eigenvalue weighted by Gasteiger charge is 2.38. The van der Waals surface area contributed by atoms with E-state index in [4.69, 9.17) is 9.84 Å². The molecule has 1 heterocycles. The van der Waals surface area contributed by atoms with Gasteiger partial charge in [0.15, 0.2) is 0 Å². The van der Waals surface area contributed by atoms with E-state index in [2.05, 4.69) is 0 Å². The zero-order chi connectivity index (χ0) is 15.4. The van der Waals surface area contributed by atoms with Crippen LogP contribution < -0.4 is 0 Å². The molecule has 6 heteroatoms. The van der Waals surface area contributed by atoms with Gasteiger partial charge in [-0.15, -0.1) is 0 Å². The highest BCUT2D eigenvalue weighted by Crippen LogP contribution is 2.34. The van der Waals surface area contributed by atoms with Gasteiger partial charge >= 0.3 is 11.9 Å². The molecule has 0 spiro atoms. The lowest BCUT2D eigenvalue weighted by Gasteiger charge is -2.36. The Morgan fingerprint density at radius 1 is 1.14 bits per heavy atom. The van der Waals surface area contributed by atoms with Gasteiger partial charge in [-0.3, -0.25) is 14.4 Å². The van der Waals surface area contributed by atoms with Crippen molar-refractivity contribution < 1.29 is 24.2 Å². The number of esters is 1. The van der Waals surface area contributed by atoms with Crippen molar-refractivity contribution in [2.75, 3.05) is 13.7 Å². The van der Waals surface area contributed by atoms with E-state index >= 15 is 0 Å². The lowest BCUT2D eigenvalue weighted by molar-refractivity contribution is -0.146. The van der Waals surface area contributed by atoms with Crippen LogP contribution in [0.2, 0.25) is 0 Å². The van der Waals surface area contributed by atoms with Crippen LogP contribution in [-0.4, -0.2) is 47.5 Å². The number of ether oxygens (including phenoxy) is 1. The molecular weight excluding hydrogens is 274 g/mol. The molecule has 1 aliphatic carbocycles. The molecule has 1 saturated carbocycles. The molecule has 0 bridgehead atoms. The Balaban J connectivity index is 1.98. The van der Waals surface area contributed by atoms with E-state index in [-0.39, 0.29) is 30.3 Å². The minimum Gasteiger partial charge on any atom is -0.481 e. The van der Waals surface area contributed by atoms with Gasteiger partial charge in [0.25, 0.3) is 0 Å². The molecule has 3 unspecified atom stereocenters. The number of piperidine rings is 1. The van der Waals surface area contributed by atoms with Crippen molar-refractivity contribution in [2.45, 2.75) is 51.0 Å². The second kappa shape index (κ2) is 6.91. The number of carboxylic acid groups (broad SMARTS) is 1. The van der Waals surface area contributed by atoms with Crippen molar-refractivity contribution in [1.82, 2.24) is 4.90 Å². The molecule has 118 valence electrons. The molecule has 2 aliphatic rings. The topological polar surface area (TPSA) is 83.9 Å². The van der Waals surface area contributed by atoms with Crippen LogP contribution in [0.15, 0.2) is 0 Å². The van der Waals surface area contributed by atoms with Crippen molar-refractivity contribution in [3.8, 4) is 0 Å². The minimum atomic E-state index is -0.810. The van der Waals surface area contributed by atoms with Crippen molar-refractivity contribution in [1.29, 1.82) is 0 Å². The second-order valence-corrected chi connectivity index (χ2v) is 6.01. The number of methoxy groups -OCH3 is 1. The molecule has 0 aromatic carbocycles. The van der Waals surface area contributed by atoms with Gasteiger partial charge in [0.2, 0.25) is 5.91 Å². The molecule has 3 atom stereocenters. The Kier molecular flexibility index (Phi) is 5.20. The monoisotopic (exact) mass is 297 g/mol. The number of hydrogen-bond donors (Lipinski definition) is 1. The van der Waals surface area contributed by atoms with E-state index in [1.807, 2.05) is 0 Å². The van der Waals surface area contributed by atoms with Crippen LogP contribution >= 0.6 is 0 Å². The minimum absolute atomic E-state index is 0.0207. The Labute approximate surface area is 124 Å². The van der Waals surface area contributed by atoms with Crippen LogP contribution in [-0.2, 0) is 19.1 Å². The molecule has 2 fully saturated rings. The first kappa shape index (κ1) is 15.8. The average Bonchev–Trinajstić information content (AvgIpc) is 2.97. The van der Waals surface area contributed by atoms with Crippen LogP contribution in [0.4, 0.5) is 0 Å². The normalized spacial score (nSPS) is 29.2. The van der Waals surface area contributed by atoms with Crippen molar-refractivity contribution >= 4 is 17.8 Å². The first-order chi connectivity index (χ1) is 10.0. The Hall–Kier alpha value is -1.59. The van der Waals surface area contributed by atoms with Crippen LogP contribution in [0.1, 0.15) is 44.9 Å². The van der Waals surface area contributed by atoms with Gasteiger partial charge in [-0.2, -0.15) is 0 Å². The number of amides is 1. The molecule has 2 rings (SSSR count). The van der Waals surface area contributed by atoms with Crippen molar-refractivity contribution in [3.63, 3.8) is 0 Å². The Morgan fingerprint density at radius 2 is 1.86 bits per heavy atom. The number of carbonyl (C=O) groups excluding carboxylic acids is 2. The number of carbonyl (C=O) groups is 3. The van der Waals surface area contributed by atoms with Crippen LogP contribution in [0, 0.1) is 11.8 Å². The molecule has 1 amide bonds. The number of likely N-dealkylation sites (tertiary alicyclic amines) is 1. The van der Waals surface area contributed by atoms with Crippen LogP contribution in [0.5, 0.6) is 0 Å². The summed E-state index contributed by atoms with van der Waals surface area (Å²) in [6.45, 7) is 0.661. The van der Waals surface area contributed by atoms with Crippen LogP contribution in [0.3, 0.4) is 0 Å². The summed E-state index contributed by atoms with van der Waals surface area (Å²) in [6, 6.07) is -0.0948.